The number of hydrogen-bond acceptors (Lipinski definition) is 3. The summed E-state index contributed by atoms with van der Waals surface area (Å²) in [6.45, 7) is 0.754. The van der Waals surface area contributed by atoms with E-state index in [-0.39, 0.29) is 5.91 Å². The lowest BCUT2D eigenvalue weighted by Gasteiger charge is -2.29. The number of benzene rings is 1. The van der Waals surface area contributed by atoms with Crippen LogP contribution in [0.4, 0.5) is 13.2 Å². The van der Waals surface area contributed by atoms with E-state index < -0.39 is 30.6 Å². The first-order valence-electron chi connectivity index (χ1n) is 9.83. The van der Waals surface area contributed by atoms with E-state index in [0.717, 1.165) is 28.6 Å². The van der Waals surface area contributed by atoms with Crippen molar-refractivity contribution in [3.05, 3.63) is 35.5 Å². The minimum Gasteiger partial charge on any atom is -0.456 e. The molecule has 1 aliphatic rings. The van der Waals surface area contributed by atoms with Crippen molar-refractivity contribution in [2.75, 3.05) is 13.2 Å². The number of para-hydroxylation sites is 1. The number of fused-ring (bicyclic) bond motifs is 1. The van der Waals surface area contributed by atoms with E-state index in [9.17, 15) is 22.8 Å². The van der Waals surface area contributed by atoms with E-state index in [1.807, 2.05) is 31.2 Å². The molecule has 0 bridgehead atoms. The normalized spacial score (nSPS) is 19.9. The van der Waals surface area contributed by atoms with Gasteiger partial charge in [-0.05, 0) is 37.8 Å². The van der Waals surface area contributed by atoms with E-state index in [0.29, 0.717) is 32.2 Å². The van der Waals surface area contributed by atoms with Crippen LogP contribution in [0.15, 0.2) is 24.3 Å². The van der Waals surface area contributed by atoms with E-state index in [1.54, 1.807) is 0 Å². The summed E-state index contributed by atoms with van der Waals surface area (Å²) in [5.74, 6) is -2.69. The molecule has 0 unspecified atom stereocenters. The van der Waals surface area contributed by atoms with Crippen LogP contribution in [0.5, 0.6) is 0 Å². The zero-order chi connectivity index (χ0) is 21.0. The first kappa shape index (κ1) is 21.2. The second-order valence-corrected chi connectivity index (χ2v) is 7.54. The van der Waals surface area contributed by atoms with Crippen molar-refractivity contribution in [2.24, 2.45) is 11.8 Å². The van der Waals surface area contributed by atoms with Crippen LogP contribution in [0.3, 0.4) is 0 Å². The zero-order valence-electron chi connectivity index (χ0n) is 16.3. The third-order valence-corrected chi connectivity index (χ3v) is 5.48. The smallest absolute Gasteiger partial charge is 0.422 e. The molecule has 1 aliphatic carbocycles. The number of aryl methyl sites for hydroxylation is 1. The maximum Gasteiger partial charge on any atom is 0.422 e. The number of aromatic amines is 1. The molecule has 8 heteroatoms. The van der Waals surface area contributed by atoms with E-state index >= 15 is 0 Å². The first-order chi connectivity index (χ1) is 13.8. The van der Waals surface area contributed by atoms with Gasteiger partial charge in [-0.3, -0.25) is 9.59 Å². The number of halogens is 3. The molecule has 1 aromatic carbocycles. The van der Waals surface area contributed by atoms with Gasteiger partial charge in [0.25, 0.3) is 0 Å². The van der Waals surface area contributed by atoms with Crippen molar-refractivity contribution in [3.63, 3.8) is 0 Å². The van der Waals surface area contributed by atoms with Crippen LogP contribution in [-0.2, 0) is 20.7 Å². The average molecular weight is 410 g/mol. The maximum atomic E-state index is 12.6. The number of nitrogens with one attached hydrogen (secondary N) is 2. The van der Waals surface area contributed by atoms with Crippen LogP contribution in [0.2, 0.25) is 0 Å². The largest absolute Gasteiger partial charge is 0.456 e. The quantitative estimate of drug-likeness (QED) is 0.706. The Balaban J connectivity index is 1.58. The molecule has 0 spiro atoms. The molecule has 158 valence electrons. The molecule has 0 aliphatic heterocycles. The number of aromatic nitrogens is 1. The lowest BCUT2D eigenvalue weighted by Crippen LogP contribution is -2.41. The third kappa shape index (κ3) is 5.31. The molecule has 2 aromatic rings. The van der Waals surface area contributed by atoms with Gasteiger partial charge in [0.05, 0.1) is 11.8 Å². The topological polar surface area (TPSA) is 71.2 Å². The molecule has 1 saturated carbocycles. The van der Waals surface area contributed by atoms with Gasteiger partial charge in [0, 0.05) is 23.1 Å². The van der Waals surface area contributed by atoms with E-state index in [4.69, 9.17) is 0 Å². The molecule has 1 amide bonds. The summed E-state index contributed by atoms with van der Waals surface area (Å²) in [4.78, 5) is 28.1. The number of alkyl halides is 3. The van der Waals surface area contributed by atoms with Crippen molar-refractivity contribution in [1.82, 2.24) is 10.3 Å². The summed E-state index contributed by atoms with van der Waals surface area (Å²) < 4.78 is 41.4. The average Bonchev–Trinajstić information content (AvgIpc) is 3.01. The van der Waals surface area contributed by atoms with Crippen molar-refractivity contribution in [2.45, 2.75) is 45.2 Å². The molecule has 2 N–H and O–H groups in total. The fraction of sp³-hybridized carbons (Fsp3) is 0.524. The number of esters is 1. The monoisotopic (exact) mass is 410 g/mol. The van der Waals surface area contributed by atoms with Crippen LogP contribution in [0, 0.1) is 18.8 Å². The van der Waals surface area contributed by atoms with Gasteiger partial charge in [-0.1, -0.05) is 31.0 Å². The predicted molar refractivity (Wildman–Crippen MR) is 102 cm³/mol. The van der Waals surface area contributed by atoms with Crippen LogP contribution in [-0.4, -0.2) is 36.2 Å². The Morgan fingerprint density at radius 2 is 1.86 bits per heavy atom. The summed E-state index contributed by atoms with van der Waals surface area (Å²) in [5, 5.41) is 3.96. The molecular formula is C21H25F3N2O3. The first-order valence-corrected chi connectivity index (χ1v) is 9.83. The minimum absolute atomic E-state index is 0.295. The third-order valence-electron chi connectivity index (χ3n) is 5.48. The highest BCUT2D eigenvalue weighted by atomic mass is 19.4. The number of amides is 1. The Labute approximate surface area is 167 Å². The Bertz CT molecular complexity index is 876. The Kier molecular flexibility index (Phi) is 6.49. The molecule has 1 aromatic heterocycles. The van der Waals surface area contributed by atoms with Crippen molar-refractivity contribution < 1.29 is 27.5 Å². The second kappa shape index (κ2) is 8.88. The van der Waals surface area contributed by atoms with E-state index in [2.05, 4.69) is 15.0 Å². The molecule has 2 atom stereocenters. The van der Waals surface area contributed by atoms with Gasteiger partial charge in [-0.2, -0.15) is 13.2 Å². The molecule has 3 rings (SSSR count). The Morgan fingerprint density at radius 3 is 2.59 bits per heavy atom. The molecule has 5 nitrogen and oxygen atoms in total. The van der Waals surface area contributed by atoms with Crippen LogP contribution >= 0.6 is 0 Å². The highest BCUT2D eigenvalue weighted by Crippen LogP contribution is 2.32. The lowest BCUT2D eigenvalue weighted by atomic mass is 9.78. The highest BCUT2D eigenvalue weighted by Gasteiger charge is 2.38. The molecule has 29 heavy (non-hydrogen) atoms. The minimum atomic E-state index is -4.57. The van der Waals surface area contributed by atoms with Crippen LogP contribution < -0.4 is 5.32 Å². The predicted octanol–water partition coefficient (Wildman–Crippen LogP) is 4.05. The maximum absolute atomic E-state index is 12.6. The second-order valence-electron chi connectivity index (χ2n) is 7.54. The summed E-state index contributed by atoms with van der Waals surface area (Å²) in [5.41, 5.74) is 3.18. The summed E-state index contributed by atoms with van der Waals surface area (Å²) in [7, 11) is 0. The number of H-pyrrole nitrogens is 1. The van der Waals surface area contributed by atoms with Gasteiger partial charge < -0.3 is 15.0 Å². The standard InChI is InChI=1S/C21H25F3N2O3/c1-13-14(15-6-4-5-9-18(15)26-13)10-11-25-19(27)16-7-2-3-8-17(16)20(28)29-12-21(22,23)24/h4-6,9,16-17,26H,2-3,7-8,10-12H2,1H3,(H,25,27)/t16-,17-/m1/s1. The van der Waals surface area contributed by atoms with Crippen LogP contribution in [0.1, 0.15) is 36.9 Å². The van der Waals surface area contributed by atoms with Crippen molar-refractivity contribution >= 4 is 22.8 Å². The number of carbonyl (C=O) groups is 2. The summed E-state index contributed by atoms with van der Waals surface area (Å²) >= 11 is 0. The molecule has 1 fully saturated rings. The summed E-state index contributed by atoms with van der Waals surface area (Å²) in [6, 6.07) is 7.91. The summed E-state index contributed by atoms with van der Waals surface area (Å²) in [6.07, 6.45) is -1.64. The lowest BCUT2D eigenvalue weighted by molar-refractivity contribution is -0.191. The molecule has 0 radical (unpaired) electrons. The van der Waals surface area contributed by atoms with Gasteiger partial charge in [-0.25, -0.2) is 0 Å². The van der Waals surface area contributed by atoms with Crippen molar-refractivity contribution in [3.8, 4) is 0 Å². The number of rotatable bonds is 6. The van der Waals surface area contributed by atoms with Gasteiger partial charge in [-0.15, -0.1) is 0 Å². The Morgan fingerprint density at radius 1 is 1.17 bits per heavy atom. The fourth-order valence-electron chi connectivity index (χ4n) is 4.09. The zero-order valence-corrected chi connectivity index (χ0v) is 16.3. The highest BCUT2D eigenvalue weighted by molar-refractivity contribution is 5.86. The molecule has 0 saturated heterocycles. The number of hydrogen-bond donors (Lipinski definition) is 2. The fourth-order valence-corrected chi connectivity index (χ4v) is 4.09. The van der Waals surface area contributed by atoms with Gasteiger partial charge in [0.1, 0.15) is 0 Å². The molecular weight excluding hydrogens is 385 g/mol. The van der Waals surface area contributed by atoms with Crippen molar-refractivity contribution in [1.29, 1.82) is 0 Å². The van der Waals surface area contributed by atoms with Gasteiger partial charge in [0.15, 0.2) is 6.61 Å². The number of ether oxygens (including phenoxy) is 1. The van der Waals surface area contributed by atoms with E-state index in [1.165, 1.54) is 0 Å². The Hall–Kier alpha value is -2.51. The SMILES string of the molecule is Cc1[nH]c2ccccc2c1CCNC(=O)[C@@H]1CCCC[C@H]1C(=O)OCC(F)(F)F. The van der Waals surface area contributed by atoms with Gasteiger partial charge in [0.2, 0.25) is 5.91 Å². The van der Waals surface area contributed by atoms with Crippen LogP contribution in [0.25, 0.3) is 10.9 Å². The molecule has 1 heterocycles. The number of carbonyl (C=O) groups excluding carboxylic acids is 2. The van der Waals surface area contributed by atoms with Gasteiger partial charge >= 0.3 is 12.1 Å².